The van der Waals surface area contributed by atoms with Gasteiger partial charge < -0.3 is 14.5 Å². The number of aromatic nitrogens is 3. The highest BCUT2D eigenvalue weighted by Crippen LogP contribution is 2.32. The van der Waals surface area contributed by atoms with Crippen LogP contribution in [0.15, 0.2) is 59.4 Å². The lowest BCUT2D eigenvalue weighted by Gasteiger charge is -2.09. The van der Waals surface area contributed by atoms with Gasteiger partial charge in [-0.15, -0.1) is 0 Å². The van der Waals surface area contributed by atoms with E-state index in [9.17, 15) is 4.79 Å². The topological polar surface area (TPSA) is 81.7 Å². The molecule has 0 spiro atoms. The van der Waals surface area contributed by atoms with Crippen molar-refractivity contribution in [3.05, 3.63) is 66.3 Å². The third kappa shape index (κ3) is 3.27. The van der Waals surface area contributed by atoms with Crippen molar-refractivity contribution in [1.82, 2.24) is 14.4 Å². The Kier molecular flexibility index (Phi) is 4.33. The highest BCUT2D eigenvalue weighted by Gasteiger charge is 2.17. The molecule has 0 aliphatic carbocycles. The Morgan fingerprint density at radius 2 is 2.19 bits per heavy atom. The van der Waals surface area contributed by atoms with E-state index in [1.165, 1.54) is 0 Å². The SMILES string of the molecule is CCOC(=O)c1cccc(Nc2c(-c3ccc(C)o3)nc3cnccn23)c1. The summed E-state index contributed by atoms with van der Waals surface area (Å²) in [7, 11) is 0. The zero-order valence-electron chi connectivity index (χ0n) is 15.0. The predicted molar refractivity (Wildman–Crippen MR) is 101 cm³/mol. The Morgan fingerprint density at radius 1 is 1.30 bits per heavy atom. The molecule has 1 aromatic carbocycles. The van der Waals surface area contributed by atoms with Crippen LogP contribution in [-0.4, -0.2) is 26.9 Å². The van der Waals surface area contributed by atoms with E-state index in [1.54, 1.807) is 37.5 Å². The van der Waals surface area contributed by atoms with Gasteiger partial charge in [-0.2, -0.15) is 0 Å². The molecule has 0 aliphatic heterocycles. The Balaban J connectivity index is 1.78. The van der Waals surface area contributed by atoms with E-state index in [-0.39, 0.29) is 5.97 Å². The third-order valence-corrected chi connectivity index (χ3v) is 4.04. The first-order valence-electron chi connectivity index (χ1n) is 8.59. The average Bonchev–Trinajstić information content (AvgIpc) is 3.26. The minimum Gasteiger partial charge on any atom is -0.462 e. The van der Waals surface area contributed by atoms with Crippen molar-refractivity contribution >= 4 is 23.1 Å². The Bertz CT molecular complexity index is 1110. The van der Waals surface area contributed by atoms with Gasteiger partial charge in [0.15, 0.2) is 11.4 Å². The Morgan fingerprint density at radius 3 is 2.96 bits per heavy atom. The van der Waals surface area contributed by atoms with E-state index in [2.05, 4.69) is 15.3 Å². The van der Waals surface area contributed by atoms with Crippen molar-refractivity contribution in [3.8, 4) is 11.5 Å². The second-order valence-electron chi connectivity index (χ2n) is 5.95. The Hall–Kier alpha value is -3.61. The standard InChI is InChI=1S/C20H18N4O3/c1-3-26-20(25)14-5-4-6-15(11-14)22-19-18(16-8-7-13(2)27-16)23-17-12-21-9-10-24(17)19/h4-12,22H,3H2,1-2H3. The molecule has 0 amide bonds. The number of hydrogen-bond acceptors (Lipinski definition) is 6. The third-order valence-electron chi connectivity index (χ3n) is 4.04. The summed E-state index contributed by atoms with van der Waals surface area (Å²) in [5, 5.41) is 3.35. The van der Waals surface area contributed by atoms with E-state index in [0.29, 0.717) is 29.3 Å². The fourth-order valence-corrected chi connectivity index (χ4v) is 2.83. The number of nitrogens with zero attached hydrogens (tertiary/aromatic N) is 3. The van der Waals surface area contributed by atoms with Crippen LogP contribution in [0.3, 0.4) is 0 Å². The van der Waals surface area contributed by atoms with Gasteiger partial charge in [0.05, 0.1) is 18.4 Å². The lowest BCUT2D eigenvalue weighted by Crippen LogP contribution is -2.05. The molecule has 0 atom stereocenters. The van der Waals surface area contributed by atoms with Crippen LogP contribution in [0.1, 0.15) is 23.0 Å². The van der Waals surface area contributed by atoms with E-state index in [4.69, 9.17) is 9.15 Å². The monoisotopic (exact) mass is 362 g/mol. The smallest absolute Gasteiger partial charge is 0.338 e. The van der Waals surface area contributed by atoms with Crippen LogP contribution in [0.2, 0.25) is 0 Å². The average molecular weight is 362 g/mol. The van der Waals surface area contributed by atoms with Gasteiger partial charge in [-0.1, -0.05) is 6.07 Å². The van der Waals surface area contributed by atoms with Crippen molar-refractivity contribution < 1.29 is 13.9 Å². The number of rotatable bonds is 5. The molecule has 0 aliphatic rings. The second-order valence-corrected chi connectivity index (χ2v) is 5.95. The minimum atomic E-state index is -0.356. The molecule has 0 bridgehead atoms. The fraction of sp³-hybridized carbons (Fsp3) is 0.150. The van der Waals surface area contributed by atoms with Crippen LogP contribution >= 0.6 is 0 Å². The fourth-order valence-electron chi connectivity index (χ4n) is 2.83. The summed E-state index contributed by atoms with van der Waals surface area (Å²) < 4.78 is 12.7. The summed E-state index contributed by atoms with van der Waals surface area (Å²) in [6, 6.07) is 10.9. The van der Waals surface area contributed by atoms with Crippen molar-refractivity contribution in [3.63, 3.8) is 0 Å². The van der Waals surface area contributed by atoms with Gasteiger partial charge in [-0.3, -0.25) is 9.38 Å². The van der Waals surface area contributed by atoms with Gasteiger partial charge in [0.2, 0.25) is 0 Å². The molecule has 27 heavy (non-hydrogen) atoms. The molecule has 4 rings (SSSR count). The summed E-state index contributed by atoms with van der Waals surface area (Å²) in [4.78, 5) is 20.8. The maximum absolute atomic E-state index is 12.0. The number of benzene rings is 1. The lowest BCUT2D eigenvalue weighted by atomic mass is 10.2. The number of esters is 1. The maximum Gasteiger partial charge on any atom is 0.338 e. The number of fused-ring (bicyclic) bond motifs is 1. The summed E-state index contributed by atoms with van der Waals surface area (Å²) in [5.41, 5.74) is 2.57. The molecule has 3 heterocycles. The van der Waals surface area contributed by atoms with Crippen molar-refractivity contribution in [1.29, 1.82) is 0 Å². The number of imidazole rings is 1. The lowest BCUT2D eigenvalue weighted by molar-refractivity contribution is 0.0526. The van der Waals surface area contributed by atoms with E-state index in [0.717, 1.165) is 17.3 Å². The van der Waals surface area contributed by atoms with Crippen LogP contribution in [0.4, 0.5) is 11.5 Å². The normalized spacial score (nSPS) is 10.9. The first-order valence-corrected chi connectivity index (χ1v) is 8.59. The van der Waals surface area contributed by atoms with Crippen LogP contribution in [0.25, 0.3) is 17.1 Å². The molecular weight excluding hydrogens is 344 g/mol. The molecule has 3 aromatic heterocycles. The summed E-state index contributed by atoms with van der Waals surface area (Å²) in [6.07, 6.45) is 5.19. The van der Waals surface area contributed by atoms with Crippen molar-refractivity contribution in [2.75, 3.05) is 11.9 Å². The Labute approximate surface area is 155 Å². The minimum absolute atomic E-state index is 0.332. The quantitative estimate of drug-likeness (QED) is 0.535. The molecule has 7 nitrogen and oxygen atoms in total. The van der Waals surface area contributed by atoms with E-state index >= 15 is 0 Å². The summed E-state index contributed by atoms with van der Waals surface area (Å²) >= 11 is 0. The van der Waals surface area contributed by atoms with Crippen molar-refractivity contribution in [2.45, 2.75) is 13.8 Å². The number of carbonyl (C=O) groups is 1. The number of nitrogens with one attached hydrogen (secondary N) is 1. The van der Waals surface area contributed by atoms with Crippen molar-refractivity contribution in [2.24, 2.45) is 0 Å². The molecule has 7 heteroatoms. The number of carbonyl (C=O) groups excluding carboxylic acids is 1. The zero-order chi connectivity index (χ0) is 18.8. The van der Waals surface area contributed by atoms with Crippen LogP contribution in [0, 0.1) is 6.92 Å². The highest BCUT2D eigenvalue weighted by atomic mass is 16.5. The van der Waals surface area contributed by atoms with E-state index in [1.807, 2.05) is 35.7 Å². The summed E-state index contributed by atoms with van der Waals surface area (Å²) in [5.74, 6) is 1.82. The zero-order valence-corrected chi connectivity index (χ0v) is 15.0. The maximum atomic E-state index is 12.0. The van der Waals surface area contributed by atoms with Gasteiger partial charge in [0, 0.05) is 18.1 Å². The number of furan rings is 1. The van der Waals surface area contributed by atoms with E-state index < -0.39 is 0 Å². The first-order chi connectivity index (χ1) is 13.2. The molecule has 136 valence electrons. The molecule has 1 N–H and O–H groups in total. The molecule has 0 saturated heterocycles. The van der Waals surface area contributed by atoms with Crippen LogP contribution in [-0.2, 0) is 4.74 Å². The number of hydrogen-bond donors (Lipinski definition) is 1. The van der Waals surface area contributed by atoms with Gasteiger partial charge >= 0.3 is 5.97 Å². The number of anilines is 2. The van der Waals surface area contributed by atoms with Gasteiger partial charge in [-0.25, -0.2) is 9.78 Å². The molecule has 4 aromatic rings. The number of aryl methyl sites for hydroxylation is 1. The van der Waals surface area contributed by atoms with Gasteiger partial charge in [0.1, 0.15) is 17.3 Å². The first kappa shape index (κ1) is 16.8. The summed E-state index contributed by atoms with van der Waals surface area (Å²) in [6.45, 7) is 4.00. The molecule has 0 radical (unpaired) electrons. The number of ether oxygens (including phenoxy) is 1. The molecule has 0 saturated carbocycles. The largest absolute Gasteiger partial charge is 0.462 e. The van der Waals surface area contributed by atoms with Gasteiger partial charge in [0.25, 0.3) is 0 Å². The van der Waals surface area contributed by atoms with Gasteiger partial charge in [-0.05, 0) is 44.2 Å². The predicted octanol–water partition coefficient (Wildman–Crippen LogP) is 4.22. The van der Waals surface area contributed by atoms with Crippen LogP contribution in [0.5, 0.6) is 0 Å². The molecular formula is C20H18N4O3. The molecule has 0 fully saturated rings. The highest BCUT2D eigenvalue weighted by molar-refractivity contribution is 5.91. The second kappa shape index (κ2) is 6.95. The van der Waals surface area contributed by atoms with Crippen LogP contribution < -0.4 is 5.32 Å². The molecule has 0 unspecified atom stereocenters.